The number of benzene rings is 2. The summed E-state index contributed by atoms with van der Waals surface area (Å²) >= 11 is 0. The molecule has 7 heteroatoms. The molecule has 0 spiro atoms. The summed E-state index contributed by atoms with van der Waals surface area (Å²) in [5.41, 5.74) is 4.97. The SMILES string of the molecule is Nc1cc(F)cc(S(=O)(=O)Cc2cccc(F)c2F)c1. The highest BCUT2D eigenvalue weighted by Gasteiger charge is 2.20. The highest BCUT2D eigenvalue weighted by Crippen LogP contribution is 2.22. The van der Waals surface area contributed by atoms with Crippen molar-refractivity contribution >= 4 is 15.5 Å². The Hall–Kier alpha value is -2.02. The number of sulfone groups is 1. The van der Waals surface area contributed by atoms with Crippen molar-refractivity contribution in [3.8, 4) is 0 Å². The van der Waals surface area contributed by atoms with Crippen LogP contribution >= 0.6 is 0 Å². The molecule has 0 heterocycles. The van der Waals surface area contributed by atoms with Gasteiger partial charge in [0.15, 0.2) is 21.5 Å². The maximum absolute atomic E-state index is 13.5. The fraction of sp³-hybridized carbons (Fsp3) is 0.0769. The molecule has 2 N–H and O–H groups in total. The van der Waals surface area contributed by atoms with E-state index < -0.39 is 33.0 Å². The summed E-state index contributed by atoms with van der Waals surface area (Å²) in [5.74, 6) is -3.97. The third-order valence-electron chi connectivity index (χ3n) is 2.63. The molecule has 0 aliphatic heterocycles. The number of hydrogen-bond donors (Lipinski definition) is 1. The summed E-state index contributed by atoms with van der Waals surface area (Å²) in [6.07, 6.45) is 0. The van der Waals surface area contributed by atoms with E-state index in [4.69, 9.17) is 5.73 Å². The summed E-state index contributed by atoms with van der Waals surface area (Å²) in [6.45, 7) is 0. The third kappa shape index (κ3) is 2.93. The van der Waals surface area contributed by atoms with Gasteiger partial charge in [0.1, 0.15) is 5.82 Å². The maximum Gasteiger partial charge on any atom is 0.182 e. The highest BCUT2D eigenvalue weighted by molar-refractivity contribution is 7.90. The Bertz CT molecular complexity index is 740. The van der Waals surface area contributed by atoms with E-state index in [9.17, 15) is 21.6 Å². The van der Waals surface area contributed by atoms with Gasteiger partial charge in [0.25, 0.3) is 0 Å². The van der Waals surface area contributed by atoms with E-state index in [1.165, 1.54) is 6.07 Å². The van der Waals surface area contributed by atoms with Crippen LogP contribution in [0.5, 0.6) is 0 Å². The zero-order valence-electron chi connectivity index (χ0n) is 10.1. The Balaban J connectivity index is 2.43. The number of halogens is 3. The van der Waals surface area contributed by atoms with Crippen molar-refractivity contribution in [2.45, 2.75) is 10.6 Å². The lowest BCUT2D eigenvalue weighted by molar-refractivity contribution is 0.501. The maximum atomic E-state index is 13.5. The first-order chi connectivity index (χ1) is 9.29. The zero-order valence-corrected chi connectivity index (χ0v) is 10.9. The van der Waals surface area contributed by atoms with E-state index >= 15 is 0 Å². The third-order valence-corrected chi connectivity index (χ3v) is 4.27. The molecule has 2 rings (SSSR count). The first-order valence-corrected chi connectivity index (χ1v) is 7.16. The molecular weight excluding hydrogens is 291 g/mol. The molecule has 0 aromatic heterocycles. The molecule has 0 radical (unpaired) electrons. The first-order valence-electron chi connectivity index (χ1n) is 5.51. The van der Waals surface area contributed by atoms with Crippen LogP contribution in [-0.4, -0.2) is 8.42 Å². The Kier molecular flexibility index (Phi) is 3.71. The summed E-state index contributed by atoms with van der Waals surface area (Å²) in [5, 5.41) is 0. The van der Waals surface area contributed by atoms with Gasteiger partial charge >= 0.3 is 0 Å². The van der Waals surface area contributed by atoms with Gasteiger partial charge in [-0.3, -0.25) is 0 Å². The lowest BCUT2D eigenvalue weighted by Gasteiger charge is -2.07. The van der Waals surface area contributed by atoms with Gasteiger partial charge in [-0.05, 0) is 24.3 Å². The van der Waals surface area contributed by atoms with Crippen LogP contribution in [0.25, 0.3) is 0 Å². The molecule has 0 fully saturated rings. The summed E-state index contributed by atoms with van der Waals surface area (Å²) < 4.78 is 63.8. The van der Waals surface area contributed by atoms with Crippen LogP contribution in [-0.2, 0) is 15.6 Å². The molecule has 106 valence electrons. The first kappa shape index (κ1) is 14.4. The molecule has 0 aliphatic carbocycles. The minimum Gasteiger partial charge on any atom is -0.399 e. The van der Waals surface area contributed by atoms with Crippen LogP contribution in [0.1, 0.15) is 5.56 Å². The second-order valence-electron chi connectivity index (χ2n) is 4.19. The molecule has 0 atom stereocenters. The van der Waals surface area contributed by atoms with Gasteiger partial charge in [-0.25, -0.2) is 21.6 Å². The molecule has 2 aromatic carbocycles. The van der Waals surface area contributed by atoms with Gasteiger partial charge in [0, 0.05) is 11.3 Å². The number of rotatable bonds is 3. The van der Waals surface area contributed by atoms with Gasteiger partial charge in [0.05, 0.1) is 10.6 Å². The van der Waals surface area contributed by atoms with Crippen LogP contribution in [0.3, 0.4) is 0 Å². The number of hydrogen-bond acceptors (Lipinski definition) is 3. The normalized spacial score (nSPS) is 11.6. The van der Waals surface area contributed by atoms with Gasteiger partial charge < -0.3 is 5.73 Å². The smallest absolute Gasteiger partial charge is 0.182 e. The Morgan fingerprint density at radius 3 is 2.40 bits per heavy atom. The van der Waals surface area contributed by atoms with E-state index in [-0.39, 0.29) is 16.1 Å². The molecule has 3 nitrogen and oxygen atoms in total. The van der Waals surface area contributed by atoms with E-state index in [2.05, 4.69) is 0 Å². The molecule has 0 saturated heterocycles. The summed E-state index contributed by atoms with van der Waals surface area (Å²) in [4.78, 5) is -0.376. The summed E-state index contributed by atoms with van der Waals surface area (Å²) in [6, 6.07) is 6.04. The second-order valence-corrected chi connectivity index (χ2v) is 6.18. The molecular formula is C13H10F3NO2S. The largest absolute Gasteiger partial charge is 0.399 e. The number of nitrogen functional groups attached to an aromatic ring is 1. The van der Waals surface area contributed by atoms with Crippen molar-refractivity contribution in [1.29, 1.82) is 0 Å². The van der Waals surface area contributed by atoms with E-state index in [1.807, 2.05) is 0 Å². The Morgan fingerprint density at radius 1 is 1.05 bits per heavy atom. The van der Waals surface area contributed by atoms with Crippen LogP contribution in [0.15, 0.2) is 41.3 Å². The van der Waals surface area contributed by atoms with Crippen molar-refractivity contribution < 1.29 is 21.6 Å². The van der Waals surface area contributed by atoms with Gasteiger partial charge in [-0.2, -0.15) is 0 Å². The zero-order chi connectivity index (χ0) is 14.9. The van der Waals surface area contributed by atoms with Crippen molar-refractivity contribution in [2.24, 2.45) is 0 Å². The molecule has 20 heavy (non-hydrogen) atoms. The predicted octanol–water partition coefficient (Wildman–Crippen LogP) is 2.66. The number of nitrogens with two attached hydrogens (primary N) is 1. The molecule has 0 saturated carbocycles. The van der Waals surface area contributed by atoms with Crippen molar-refractivity contribution in [2.75, 3.05) is 5.73 Å². The van der Waals surface area contributed by atoms with Gasteiger partial charge in [-0.1, -0.05) is 12.1 Å². The Morgan fingerprint density at radius 2 is 1.75 bits per heavy atom. The minimum absolute atomic E-state index is 0.0664. The average Bonchev–Trinajstić information content (AvgIpc) is 2.33. The van der Waals surface area contributed by atoms with E-state index in [0.29, 0.717) is 0 Å². The van der Waals surface area contributed by atoms with Gasteiger partial charge in [-0.15, -0.1) is 0 Å². The molecule has 0 bridgehead atoms. The quantitative estimate of drug-likeness (QED) is 0.887. The van der Waals surface area contributed by atoms with E-state index in [1.54, 1.807) is 0 Å². The molecule has 0 amide bonds. The van der Waals surface area contributed by atoms with Gasteiger partial charge in [0.2, 0.25) is 0 Å². The lowest BCUT2D eigenvalue weighted by Crippen LogP contribution is -2.08. The second kappa shape index (κ2) is 5.16. The molecule has 0 aliphatic rings. The van der Waals surface area contributed by atoms with Crippen LogP contribution in [0, 0.1) is 17.5 Å². The standard InChI is InChI=1S/C13H10F3NO2S/c14-9-4-10(17)6-11(5-9)20(18,19)7-8-2-1-3-12(15)13(8)16/h1-6H,7,17H2. The fourth-order valence-corrected chi connectivity index (χ4v) is 3.12. The van der Waals surface area contributed by atoms with Crippen molar-refractivity contribution in [3.63, 3.8) is 0 Å². The topological polar surface area (TPSA) is 60.2 Å². The predicted molar refractivity (Wildman–Crippen MR) is 68.1 cm³/mol. The van der Waals surface area contributed by atoms with Crippen LogP contribution in [0.4, 0.5) is 18.9 Å². The minimum atomic E-state index is -4.02. The molecule has 2 aromatic rings. The van der Waals surface area contributed by atoms with Crippen molar-refractivity contribution in [3.05, 3.63) is 59.4 Å². The Labute approximate surface area is 113 Å². The lowest BCUT2D eigenvalue weighted by atomic mass is 10.2. The van der Waals surface area contributed by atoms with E-state index in [0.717, 1.165) is 30.3 Å². The van der Waals surface area contributed by atoms with Crippen LogP contribution < -0.4 is 5.73 Å². The fourth-order valence-electron chi connectivity index (χ4n) is 1.71. The van der Waals surface area contributed by atoms with Crippen LogP contribution in [0.2, 0.25) is 0 Å². The molecule has 0 unspecified atom stereocenters. The highest BCUT2D eigenvalue weighted by atomic mass is 32.2. The summed E-state index contributed by atoms with van der Waals surface area (Å²) in [7, 11) is -4.02. The monoisotopic (exact) mass is 301 g/mol. The average molecular weight is 301 g/mol. The van der Waals surface area contributed by atoms with Crippen molar-refractivity contribution in [1.82, 2.24) is 0 Å². The number of anilines is 1.